The zero-order valence-electron chi connectivity index (χ0n) is 8.90. The molecule has 0 saturated heterocycles. The number of thiophene rings is 1. The Hall–Kier alpha value is -1.13. The zero-order chi connectivity index (χ0) is 10.7. The van der Waals surface area contributed by atoms with Gasteiger partial charge in [-0.25, -0.2) is 0 Å². The summed E-state index contributed by atoms with van der Waals surface area (Å²) in [6.07, 6.45) is 1.78. The summed E-state index contributed by atoms with van der Waals surface area (Å²) in [6, 6.07) is 6.91. The first-order valence-electron chi connectivity index (χ1n) is 5.06. The van der Waals surface area contributed by atoms with Crippen LogP contribution in [-0.2, 0) is 0 Å². The van der Waals surface area contributed by atoms with Gasteiger partial charge in [0.05, 0.1) is 5.69 Å². The molecule has 0 amide bonds. The number of rotatable bonds is 4. The molecule has 2 heterocycles. The Bertz CT molecular complexity index is 342. The Balaban J connectivity index is 1.98. The number of hydrogen-bond acceptors (Lipinski definition) is 3. The van der Waals surface area contributed by atoms with Crippen molar-refractivity contribution in [3.63, 3.8) is 0 Å². The van der Waals surface area contributed by atoms with Gasteiger partial charge in [0.15, 0.2) is 0 Å². The molecule has 0 saturated carbocycles. The van der Waals surface area contributed by atoms with Crippen LogP contribution in [0.4, 0.5) is 0 Å². The van der Waals surface area contributed by atoms with Crippen LogP contribution in [0, 0.1) is 0 Å². The van der Waals surface area contributed by atoms with Gasteiger partial charge in [0.25, 0.3) is 0 Å². The van der Waals surface area contributed by atoms with Crippen LogP contribution in [0.1, 0.15) is 36.5 Å². The summed E-state index contributed by atoms with van der Waals surface area (Å²) in [4.78, 5) is 1.36. The molecule has 0 bridgehead atoms. The summed E-state index contributed by atoms with van der Waals surface area (Å²) >= 11 is 1.78. The van der Waals surface area contributed by atoms with Crippen molar-refractivity contribution in [1.82, 2.24) is 15.5 Å². The molecule has 2 aromatic heterocycles. The van der Waals surface area contributed by atoms with Gasteiger partial charge in [-0.2, -0.15) is 5.10 Å². The summed E-state index contributed by atoms with van der Waals surface area (Å²) in [6.45, 7) is 4.32. The second-order valence-electron chi connectivity index (χ2n) is 3.64. The highest BCUT2D eigenvalue weighted by Gasteiger charge is 2.12. The van der Waals surface area contributed by atoms with Crippen molar-refractivity contribution in [3.05, 3.63) is 40.3 Å². The molecule has 3 nitrogen and oxygen atoms in total. The normalized spacial score (nSPS) is 15.1. The number of H-pyrrole nitrogens is 1. The maximum Gasteiger partial charge on any atom is 0.0518 e. The van der Waals surface area contributed by atoms with Gasteiger partial charge < -0.3 is 5.32 Å². The van der Waals surface area contributed by atoms with Crippen molar-refractivity contribution in [3.8, 4) is 0 Å². The van der Waals surface area contributed by atoms with Crippen molar-refractivity contribution in [2.75, 3.05) is 0 Å². The van der Waals surface area contributed by atoms with E-state index in [9.17, 15) is 0 Å². The zero-order valence-corrected chi connectivity index (χ0v) is 9.71. The fourth-order valence-electron chi connectivity index (χ4n) is 1.59. The summed E-state index contributed by atoms with van der Waals surface area (Å²) in [5.74, 6) is 0. The lowest BCUT2D eigenvalue weighted by molar-refractivity contribution is 0.491. The van der Waals surface area contributed by atoms with E-state index in [1.807, 2.05) is 6.07 Å². The van der Waals surface area contributed by atoms with Crippen LogP contribution in [0.5, 0.6) is 0 Å². The molecule has 0 spiro atoms. The van der Waals surface area contributed by atoms with Gasteiger partial charge in [-0.05, 0) is 31.4 Å². The third kappa shape index (κ3) is 2.46. The van der Waals surface area contributed by atoms with E-state index in [-0.39, 0.29) is 0 Å². The van der Waals surface area contributed by atoms with Crippen LogP contribution >= 0.6 is 11.3 Å². The Morgan fingerprint density at radius 1 is 1.33 bits per heavy atom. The molecule has 0 aliphatic rings. The minimum Gasteiger partial charge on any atom is -0.301 e. The fraction of sp³-hybridized carbons (Fsp3) is 0.364. The highest BCUT2D eigenvalue weighted by Crippen LogP contribution is 2.21. The largest absolute Gasteiger partial charge is 0.301 e. The lowest BCUT2D eigenvalue weighted by Crippen LogP contribution is -2.22. The van der Waals surface area contributed by atoms with Crippen LogP contribution < -0.4 is 5.32 Å². The van der Waals surface area contributed by atoms with Crippen LogP contribution in [0.15, 0.2) is 29.8 Å². The van der Waals surface area contributed by atoms with E-state index in [2.05, 4.69) is 46.9 Å². The number of aromatic amines is 1. The smallest absolute Gasteiger partial charge is 0.0518 e. The van der Waals surface area contributed by atoms with E-state index in [0.717, 1.165) is 5.69 Å². The van der Waals surface area contributed by atoms with Gasteiger partial charge >= 0.3 is 0 Å². The quantitative estimate of drug-likeness (QED) is 0.833. The minimum absolute atomic E-state index is 0.296. The van der Waals surface area contributed by atoms with Crippen LogP contribution in [-0.4, -0.2) is 10.2 Å². The topological polar surface area (TPSA) is 40.7 Å². The van der Waals surface area contributed by atoms with E-state index in [4.69, 9.17) is 0 Å². The van der Waals surface area contributed by atoms with Gasteiger partial charge in [-0.1, -0.05) is 6.07 Å². The Morgan fingerprint density at radius 3 is 2.80 bits per heavy atom. The molecule has 1 unspecified atom stereocenters. The number of aromatic nitrogens is 2. The van der Waals surface area contributed by atoms with Crippen LogP contribution in [0.25, 0.3) is 0 Å². The molecule has 0 aliphatic heterocycles. The lowest BCUT2D eigenvalue weighted by Gasteiger charge is -2.17. The van der Waals surface area contributed by atoms with Gasteiger partial charge in [0.1, 0.15) is 0 Å². The number of nitrogens with zero attached hydrogens (tertiary/aromatic N) is 1. The molecule has 0 radical (unpaired) electrons. The average Bonchev–Trinajstić information content (AvgIpc) is 2.91. The van der Waals surface area contributed by atoms with Crippen molar-refractivity contribution in [2.45, 2.75) is 25.9 Å². The molecule has 0 aromatic carbocycles. The summed E-state index contributed by atoms with van der Waals surface area (Å²) in [5, 5.41) is 12.6. The molecule has 80 valence electrons. The maximum atomic E-state index is 3.95. The fourth-order valence-corrected chi connectivity index (χ4v) is 2.34. The molecule has 2 atom stereocenters. The Labute approximate surface area is 93.5 Å². The molecular weight excluding hydrogens is 206 g/mol. The van der Waals surface area contributed by atoms with Crippen molar-refractivity contribution >= 4 is 11.3 Å². The average molecular weight is 221 g/mol. The van der Waals surface area contributed by atoms with E-state index in [1.54, 1.807) is 17.5 Å². The number of hydrogen-bond donors (Lipinski definition) is 2. The molecule has 15 heavy (non-hydrogen) atoms. The molecule has 0 aliphatic carbocycles. The molecular formula is C11H15N3S. The van der Waals surface area contributed by atoms with Crippen molar-refractivity contribution < 1.29 is 0 Å². The first kappa shape index (κ1) is 10.4. The molecule has 4 heteroatoms. The summed E-state index contributed by atoms with van der Waals surface area (Å²) in [7, 11) is 0. The van der Waals surface area contributed by atoms with Crippen LogP contribution in [0.3, 0.4) is 0 Å². The Kier molecular flexibility index (Phi) is 3.18. The third-order valence-electron chi connectivity index (χ3n) is 2.46. The van der Waals surface area contributed by atoms with E-state index < -0.39 is 0 Å². The van der Waals surface area contributed by atoms with Gasteiger partial charge in [0, 0.05) is 23.2 Å². The molecule has 2 N–H and O–H groups in total. The SMILES string of the molecule is CC(N[C@@H](C)c1cccs1)c1ccn[nH]1. The predicted octanol–water partition coefficient (Wildman–Crippen LogP) is 2.88. The molecule has 2 aromatic rings. The minimum atomic E-state index is 0.296. The van der Waals surface area contributed by atoms with Crippen molar-refractivity contribution in [1.29, 1.82) is 0 Å². The highest BCUT2D eigenvalue weighted by atomic mass is 32.1. The van der Waals surface area contributed by atoms with E-state index in [1.165, 1.54) is 4.88 Å². The molecule has 0 fully saturated rings. The first-order chi connectivity index (χ1) is 7.27. The first-order valence-corrected chi connectivity index (χ1v) is 5.94. The highest BCUT2D eigenvalue weighted by molar-refractivity contribution is 7.10. The van der Waals surface area contributed by atoms with E-state index >= 15 is 0 Å². The lowest BCUT2D eigenvalue weighted by atomic mass is 10.2. The van der Waals surface area contributed by atoms with Gasteiger partial charge in [0.2, 0.25) is 0 Å². The van der Waals surface area contributed by atoms with Crippen LogP contribution in [0.2, 0.25) is 0 Å². The van der Waals surface area contributed by atoms with Gasteiger partial charge in [-0.3, -0.25) is 5.10 Å². The standard InChI is InChI=1S/C11H15N3S/c1-8(10-5-6-12-14-10)13-9(2)11-4-3-7-15-11/h3-9,13H,1-2H3,(H,12,14)/t8?,9-/m0/s1. The molecule has 2 rings (SSSR count). The van der Waals surface area contributed by atoms with Gasteiger partial charge in [-0.15, -0.1) is 11.3 Å². The summed E-state index contributed by atoms with van der Waals surface area (Å²) in [5.41, 5.74) is 1.12. The monoisotopic (exact) mass is 221 g/mol. The maximum absolute atomic E-state index is 3.95. The van der Waals surface area contributed by atoms with Crippen molar-refractivity contribution in [2.24, 2.45) is 0 Å². The van der Waals surface area contributed by atoms with E-state index in [0.29, 0.717) is 12.1 Å². The second-order valence-corrected chi connectivity index (χ2v) is 4.62. The third-order valence-corrected chi connectivity index (χ3v) is 3.51. The predicted molar refractivity (Wildman–Crippen MR) is 62.9 cm³/mol. The second kappa shape index (κ2) is 4.59. The Morgan fingerprint density at radius 2 is 2.20 bits per heavy atom. The number of nitrogens with one attached hydrogen (secondary N) is 2. The summed E-state index contributed by atoms with van der Waals surface area (Å²) < 4.78 is 0.